The summed E-state index contributed by atoms with van der Waals surface area (Å²) in [4.78, 5) is 4.73. The van der Waals surface area contributed by atoms with Crippen molar-refractivity contribution in [1.82, 2.24) is 0 Å². The van der Waals surface area contributed by atoms with Crippen molar-refractivity contribution in [1.29, 1.82) is 0 Å². The second-order valence-electron chi connectivity index (χ2n) is 5.58. The van der Waals surface area contributed by atoms with E-state index < -0.39 is 0 Å². The molecule has 0 aliphatic carbocycles. The van der Waals surface area contributed by atoms with E-state index in [0.717, 1.165) is 16.8 Å². The lowest BCUT2D eigenvalue weighted by Crippen LogP contribution is -1.87. The van der Waals surface area contributed by atoms with Crippen LogP contribution in [-0.2, 0) is 0 Å². The van der Waals surface area contributed by atoms with Gasteiger partial charge in [-0.3, -0.25) is 4.99 Å². The van der Waals surface area contributed by atoms with Crippen molar-refractivity contribution in [2.24, 2.45) is 4.99 Å². The zero-order valence-electron chi connectivity index (χ0n) is 13.0. The van der Waals surface area contributed by atoms with Crippen LogP contribution in [0.4, 0.5) is 0 Å². The Morgan fingerprint density at radius 3 is 2.18 bits per heavy atom. The lowest BCUT2D eigenvalue weighted by molar-refractivity contribution is 1.34. The van der Waals surface area contributed by atoms with Crippen LogP contribution < -0.4 is 0 Å². The summed E-state index contributed by atoms with van der Waals surface area (Å²) in [7, 11) is 0. The van der Waals surface area contributed by atoms with Gasteiger partial charge in [-0.1, -0.05) is 72.3 Å². The first-order valence-electron chi connectivity index (χ1n) is 7.50. The second kappa shape index (κ2) is 6.40. The van der Waals surface area contributed by atoms with Gasteiger partial charge in [-0.05, 0) is 36.2 Å². The first kappa shape index (κ1) is 14.3. The molecule has 3 aromatic carbocycles. The lowest BCUT2D eigenvalue weighted by atomic mass is 10.0. The van der Waals surface area contributed by atoms with Gasteiger partial charge in [0.15, 0.2) is 0 Å². The van der Waals surface area contributed by atoms with Gasteiger partial charge >= 0.3 is 0 Å². The number of fused-ring (bicyclic) bond motifs is 1. The van der Waals surface area contributed by atoms with E-state index in [4.69, 9.17) is 4.99 Å². The van der Waals surface area contributed by atoms with Crippen LogP contribution in [0.25, 0.3) is 16.5 Å². The smallest absolute Gasteiger partial charge is 0.0688 e. The summed E-state index contributed by atoms with van der Waals surface area (Å²) in [6.07, 6.45) is 1.93. The highest BCUT2D eigenvalue weighted by atomic mass is 14.7. The van der Waals surface area contributed by atoms with Crippen LogP contribution >= 0.6 is 0 Å². The van der Waals surface area contributed by atoms with Gasteiger partial charge in [-0.25, -0.2) is 0 Å². The average Bonchev–Trinajstić information content (AvgIpc) is 2.55. The monoisotopic (exact) mass is 285 g/mol. The highest BCUT2D eigenvalue weighted by molar-refractivity contribution is 5.89. The quantitative estimate of drug-likeness (QED) is 0.546. The van der Waals surface area contributed by atoms with Crippen molar-refractivity contribution in [3.8, 4) is 0 Å². The van der Waals surface area contributed by atoms with Crippen molar-refractivity contribution in [3.63, 3.8) is 0 Å². The van der Waals surface area contributed by atoms with E-state index in [0.29, 0.717) is 0 Å². The van der Waals surface area contributed by atoms with Crippen LogP contribution in [-0.4, -0.2) is 6.21 Å². The van der Waals surface area contributed by atoms with Gasteiger partial charge < -0.3 is 0 Å². The molecule has 0 saturated carbocycles. The van der Waals surface area contributed by atoms with Crippen LogP contribution in [0.15, 0.2) is 83.4 Å². The van der Waals surface area contributed by atoms with Crippen molar-refractivity contribution in [3.05, 3.63) is 89.5 Å². The maximum absolute atomic E-state index is 4.73. The molecule has 108 valence electrons. The van der Waals surface area contributed by atoms with E-state index in [9.17, 15) is 0 Å². The number of aliphatic imine (C=N–C) groups is 1. The Hall–Kier alpha value is -2.67. The third kappa shape index (κ3) is 3.15. The summed E-state index contributed by atoms with van der Waals surface area (Å²) in [5.74, 6) is 0. The topological polar surface area (TPSA) is 12.4 Å². The summed E-state index contributed by atoms with van der Waals surface area (Å²) in [5, 5.41) is 2.50. The van der Waals surface area contributed by atoms with Crippen molar-refractivity contribution >= 4 is 22.7 Å². The Labute approximate surface area is 131 Å². The normalized spacial score (nSPS) is 11.0. The Kier molecular flexibility index (Phi) is 4.15. The van der Waals surface area contributed by atoms with Gasteiger partial charge in [-0.15, -0.1) is 0 Å². The fraction of sp³-hybridized carbons (Fsp3) is 0.0952. The molecule has 0 amide bonds. The maximum Gasteiger partial charge on any atom is 0.0688 e. The van der Waals surface area contributed by atoms with Gasteiger partial charge in [0.05, 0.1) is 5.70 Å². The molecule has 3 rings (SSSR count). The van der Waals surface area contributed by atoms with Gasteiger partial charge in [0.1, 0.15) is 0 Å². The standard InChI is InChI=1S/C21H19N/c1-16(2)21(22-15-17-8-4-3-5-9-17)20-13-12-18-10-6-7-11-19(18)14-20/h3-15H,1-2H3. The van der Waals surface area contributed by atoms with Gasteiger partial charge in [0.2, 0.25) is 0 Å². The molecular weight excluding hydrogens is 266 g/mol. The summed E-state index contributed by atoms with van der Waals surface area (Å²) >= 11 is 0. The zero-order chi connectivity index (χ0) is 15.4. The summed E-state index contributed by atoms with van der Waals surface area (Å²) in [6.45, 7) is 4.21. The Bertz CT molecular complexity index is 838. The number of nitrogens with zero attached hydrogens (tertiary/aromatic N) is 1. The molecule has 0 aromatic heterocycles. The molecule has 0 radical (unpaired) electrons. The third-order valence-electron chi connectivity index (χ3n) is 3.64. The largest absolute Gasteiger partial charge is 0.256 e. The molecular formula is C21H19N. The third-order valence-corrected chi connectivity index (χ3v) is 3.64. The van der Waals surface area contributed by atoms with Gasteiger partial charge in [-0.2, -0.15) is 0 Å². The first-order valence-corrected chi connectivity index (χ1v) is 7.50. The van der Waals surface area contributed by atoms with Crippen molar-refractivity contribution in [2.75, 3.05) is 0 Å². The van der Waals surface area contributed by atoms with E-state index in [1.54, 1.807) is 0 Å². The molecule has 0 spiro atoms. The number of allylic oxidation sites excluding steroid dienone is 1. The van der Waals surface area contributed by atoms with Crippen molar-refractivity contribution < 1.29 is 0 Å². The average molecular weight is 285 g/mol. The number of hydrogen-bond donors (Lipinski definition) is 0. The van der Waals surface area contributed by atoms with E-state index in [1.165, 1.54) is 16.3 Å². The predicted molar refractivity (Wildman–Crippen MR) is 96.3 cm³/mol. The highest BCUT2D eigenvalue weighted by Crippen LogP contribution is 2.24. The molecule has 0 fully saturated rings. The molecule has 3 aromatic rings. The van der Waals surface area contributed by atoms with Crippen LogP contribution in [0.2, 0.25) is 0 Å². The van der Waals surface area contributed by atoms with E-state index in [1.807, 2.05) is 24.4 Å². The summed E-state index contributed by atoms with van der Waals surface area (Å²) in [6, 6.07) is 25.1. The Morgan fingerprint density at radius 2 is 1.45 bits per heavy atom. The molecule has 0 aliphatic heterocycles. The van der Waals surface area contributed by atoms with E-state index >= 15 is 0 Å². The SMILES string of the molecule is CC(C)=C(N=Cc1ccccc1)c1ccc2ccccc2c1. The molecule has 0 aliphatic rings. The maximum atomic E-state index is 4.73. The van der Waals surface area contributed by atoms with Gasteiger partial charge in [0.25, 0.3) is 0 Å². The molecule has 1 nitrogen and oxygen atoms in total. The summed E-state index contributed by atoms with van der Waals surface area (Å²) < 4.78 is 0. The first-order chi connectivity index (χ1) is 10.7. The number of rotatable bonds is 3. The number of benzene rings is 3. The minimum Gasteiger partial charge on any atom is -0.256 e. The molecule has 22 heavy (non-hydrogen) atoms. The van der Waals surface area contributed by atoms with Gasteiger partial charge in [0, 0.05) is 11.8 Å². The van der Waals surface area contributed by atoms with E-state index in [-0.39, 0.29) is 0 Å². The molecule has 0 N–H and O–H groups in total. The lowest BCUT2D eigenvalue weighted by Gasteiger charge is -2.07. The Balaban J connectivity index is 2.00. The van der Waals surface area contributed by atoms with Crippen LogP contribution in [0.3, 0.4) is 0 Å². The second-order valence-corrected chi connectivity index (χ2v) is 5.58. The highest BCUT2D eigenvalue weighted by Gasteiger charge is 2.03. The fourth-order valence-corrected chi connectivity index (χ4v) is 2.51. The minimum atomic E-state index is 1.04. The predicted octanol–water partition coefficient (Wildman–Crippen LogP) is 5.71. The minimum absolute atomic E-state index is 1.04. The molecule has 0 bridgehead atoms. The zero-order valence-corrected chi connectivity index (χ0v) is 13.0. The van der Waals surface area contributed by atoms with Crippen LogP contribution in [0.1, 0.15) is 25.0 Å². The van der Waals surface area contributed by atoms with Crippen LogP contribution in [0.5, 0.6) is 0 Å². The van der Waals surface area contributed by atoms with Crippen molar-refractivity contribution in [2.45, 2.75) is 13.8 Å². The van der Waals surface area contributed by atoms with E-state index in [2.05, 4.69) is 68.4 Å². The molecule has 1 heteroatoms. The molecule has 0 atom stereocenters. The Morgan fingerprint density at radius 1 is 0.773 bits per heavy atom. The van der Waals surface area contributed by atoms with Crippen LogP contribution in [0, 0.1) is 0 Å². The summed E-state index contributed by atoms with van der Waals surface area (Å²) in [5.41, 5.74) is 4.52. The fourth-order valence-electron chi connectivity index (χ4n) is 2.51. The molecule has 0 saturated heterocycles. The molecule has 0 unspecified atom stereocenters. The number of hydrogen-bond acceptors (Lipinski definition) is 1. The molecule has 0 heterocycles.